The van der Waals surface area contributed by atoms with Gasteiger partial charge in [0.1, 0.15) is 0 Å². The van der Waals surface area contributed by atoms with E-state index >= 15 is 0 Å². The van der Waals surface area contributed by atoms with Gasteiger partial charge in [0.05, 0.1) is 6.42 Å². The van der Waals surface area contributed by atoms with Crippen molar-refractivity contribution in [2.75, 3.05) is 31.9 Å². The monoisotopic (exact) mass is 357 g/mol. The predicted molar refractivity (Wildman–Crippen MR) is 98.5 cm³/mol. The zero-order chi connectivity index (χ0) is 17.8. The lowest BCUT2D eigenvalue weighted by Crippen LogP contribution is -2.51. The molecule has 0 atom stereocenters. The summed E-state index contributed by atoms with van der Waals surface area (Å²) in [5.41, 5.74) is 7.83. The Balaban J connectivity index is 1.55. The fourth-order valence-electron chi connectivity index (χ4n) is 2.90. The van der Waals surface area contributed by atoms with E-state index < -0.39 is 0 Å². The molecular weight excluding hydrogens is 338 g/mol. The second-order valence-electron chi connectivity index (χ2n) is 6.10. The number of hydrogen-bond acceptors (Lipinski definition) is 3. The van der Waals surface area contributed by atoms with Gasteiger partial charge in [-0.15, -0.1) is 0 Å². The molecule has 130 valence electrons. The van der Waals surface area contributed by atoms with Gasteiger partial charge in [0, 0.05) is 42.5 Å². The minimum atomic E-state index is -0.0444. The van der Waals surface area contributed by atoms with Crippen LogP contribution in [-0.4, -0.2) is 47.8 Å². The summed E-state index contributed by atoms with van der Waals surface area (Å²) in [5.74, 6) is 0.0236. The lowest BCUT2D eigenvalue weighted by atomic mass is 10.1. The first-order valence-corrected chi connectivity index (χ1v) is 8.58. The summed E-state index contributed by atoms with van der Waals surface area (Å²) in [4.78, 5) is 28.5. The van der Waals surface area contributed by atoms with Gasteiger partial charge in [0.2, 0.25) is 5.91 Å². The molecule has 1 fully saturated rings. The Labute approximate surface area is 152 Å². The Morgan fingerprint density at radius 3 is 2.24 bits per heavy atom. The highest BCUT2D eigenvalue weighted by Gasteiger charge is 2.24. The van der Waals surface area contributed by atoms with Crippen molar-refractivity contribution in [3.63, 3.8) is 0 Å². The molecule has 3 rings (SSSR count). The second-order valence-corrected chi connectivity index (χ2v) is 6.54. The molecule has 5 nitrogen and oxygen atoms in total. The van der Waals surface area contributed by atoms with Crippen molar-refractivity contribution in [2.45, 2.75) is 6.42 Å². The van der Waals surface area contributed by atoms with E-state index in [2.05, 4.69) is 0 Å². The van der Waals surface area contributed by atoms with Gasteiger partial charge in [0.25, 0.3) is 5.91 Å². The number of nitrogen functional groups attached to an aromatic ring is 1. The first kappa shape index (κ1) is 17.3. The van der Waals surface area contributed by atoms with Crippen LogP contribution in [0.15, 0.2) is 48.5 Å². The van der Waals surface area contributed by atoms with Crippen LogP contribution in [-0.2, 0) is 11.2 Å². The third-order valence-corrected chi connectivity index (χ3v) is 4.57. The number of carbonyl (C=O) groups is 2. The fourth-order valence-corrected chi connectivity index (χ4v) is 3.03. The van der Waals surface area contributed by atoms with E-state index in [0.717, 1.165) is 5.56 Å². The highest BCUT2D eigenvalue weighted by molar-refractivity contribution is 6.30. The van der Waals surface area contributed by atoms with Crippen LogP contribution in [0.3, 0.4) is 0 Å². The molecule has 2 aromatic carbocycles. The van der Waals surface area contributed by atoms with Crippen LogP contribution >= 0.6 is 11.6 Å². The van der Waals surface area contributed by atoms with E-state index in [9.17, 15) is 9.59 Å². The number of benzene rings is 2. The summed E-state index contributed by atoms with van der Waals surface area (Å²) in [6, 6.07) is 14.3. The van der Waals surface area contributed by atoms with Gasteiger partial charge in [0.15, 0.2) is 0 Å². The maximum absolute atomic E-state index is 12.5. The smallest absolute Gasteiger partial charge is 0.254 e. The Bertz CT molecular complexity index is 768. The third-order valence-electron chi connectivity index (χ3n) is 4.32. The highest BCUT2D eigenvalue weighted by atomic mass is 35.5. The molecular formula is C19H20ClN3O2. The van der Waals surface area contributed by atoms with E-state index in [-0.39, 0.29) is 11.8 Å². The summed E-state index contributed by atoms with van der Waals surface area (Å²) < 4.78 is 0. The number of nitrogens with two attached hydrogens (primary N) is 1. The average Bonchev–Trinajstić information content (AvgIpc) is 2.63. The minimum absolute atomic E-state index is 0.0444. The Kier molecular flexibility index (Phi) is 5.24. The number of carbonyl (C=O) groups excluding carboxylic acids is 2. The topological polar surface area (TPSA) is 66.6 Å². The number of nitrogens with zero attached hydrogens (tertiary/aromatic N) is 2. The number of piperazine rings is 1. The molecule has 0 aliphatic carbocycles. The van der Waals surface area contributed by atoms with E-state index in [4.69, 9.17) is 17.3 Å². The molecule has 25 heavy (non-hydrogen) atoms. The molecule has 1 aliphatic heterocycles. The molecule has 0 saturated carbocycles. The lowest BCUT2D eigenvalue weighted by Gasteiger charge is -2.35. The molecule has 0 radical (unpaired) electrons. The largest absolute Gasteiger partial charge is 0.399 e. The van der Waals surface area contributed by atoms with Crippen molar-refractivity contribution >= 4 is 29.1 Å². The standard InChI is InChI=1S/C19H20ClN3O2/c20-16-6-4-14(5-7-16)12-18(24)22-8-10-23(11-9-22)19(25)15-2-1-3-17(21)13-15/h1-7,13H,8-12,21H2. The normalized spacial score (nSPS) is 14.4. The van der Waals surface area contributed by atoms with Crippen LogP contribution in [0.5, 0.6) is 0 Å². The number of rotatable bonds is 3. The van der Waals surface area contributed by atoms with E-state index in [1.165, 1.54) is 0 Å². The number of hydrogen-bond donors (Lipinski definition) is 1. The zero-order valence-electron chi connectivity index (χ0n) is 13.8. The van der Waals surface area contributed by atoms with Crippen LogP contribution < -0.4 is 5.73 Å². The fraction of sp³-hybridized carbons (Fsp3) is 0.263. The van der Waals surface area contributed by atoms with Crippen molar-refractivity contribution in [1.82, 2.24) is 9.80 Å². The van der Waals surface area contributed by atoms with Crippen molar-refractivity contribution in [2.24, 2.45) is 0 Å². The molecule has 0 spiro atoms. The van der Waals surface area contributed by atoms with Gasteiger partial charge in [-0.2, -0.15) is 0 Å². The van der Waals surface area contributed by atoms with E-state index in [1.54, 1.807) is 46.2 Å². The summed E-state index contributed by atoms with van der Waals surface area (Å²) >= 11 is 5.86. The quantitative estimate of drug-likeness (QED) is 0.858. The molecule has 0 bridgehead atoms. The molecule has 1 heterocycles. The van der Waals surface area contributed by atoms with Gasteiger partial charge in [-0.1, -0.05) is 29.8 Å². The Hall–Kier alpha value is -2.53. The van der Waals surface area contributed by atoms with E-state index in [0.29, 0.717) is 48.9 Å². The van der Waals surface area contributed by atoms with Gasteiger partial charge in [-0.05, 0) is 35.9 Å². The first-order chi connectivity index (χ1) is 12.0. The second kappa shape index (κ2) is 7.57. The highest BCUT2D eigenvalue weighted by Crippen LogP contribution is 2.14. The van der Waals surface area contributed by atoms with Gasteiger partial charge >= 0.3 is 0 Å². The van der Waals surface area contributed by atoms with Gasteiger partial charge in [-0.25, -0.2) is 0 Å². The summed E-state index contributed by atoms with van der Waals surface area (Å²) in [6.07, 6.45) is 0.348. The predicted octanol–water partition coefficient (Wildman–Crippen LogP) is 2.45. The van der Waals surface area contributed by atoms with Crippen LogP contribution in [0.4, 0.5) is 5.69 Å². The maximum Gasteiger partial charge on any atom is 0.254 e. The molecule has 2 N–H and O–H groups in total. The maximum atomic E-state index is 12.5. The van der Waals surface area contributed by atoms with Crippen LogP contribution in [0, 0.1) is 0 Å². The van der Waals surface area contributed by atoms with Gasteiger partial charge < -0.3 is 15.5 Å². The van der Waals surface area contributed by atoms with Crippen molar-refractivity contribution in [3.8, 4) is 0 Å². The van der Waals surface area contributed by atoms with Crippen LogP contribution in [0.2, 0.25) is 5.02 Å². The van der Waals surface area contributed by atoms with Crippen LogP contribution in [0.25, 0.3) is 0 Å². The SMILES string of the molecule is Nc1cccc(C(=O)N2CCN(C(=O)Cc3ccc(Cl)cc3)CC2)c1. The number of anilines is 1. The summed E-state index contributed by atoms with van der Waals surface area (Å²) in [6.45, 7) is 2.14. The third kappa shape index (κ3) is 4.31. The molecule has 0 unspecified atom stereocenters. The summed E-state index contributed by atoms with van der Waals surface area (Å²) in [7, 11) is 0. The van der Waals surface area contributed by atoms with Crippen molar-refractivity contribution in [3.05, 3.63) is 64.7 Å². The van der Waals surface area contributed by atoms with Crippen LogP contribution in [0.1, 0.15) is 15.9 Å². The molecule has 2 aromatic rings. The lowest BCUT2D eigenvalue weighted by molar-refractivity contribution is -0.131. The van der Waals surface area contributed by atoms with E-state index in [1.807, 2.05) is 12.1 Å². The van der Waals surface area contributed by atoms with Gasteiger partial charge in [-0.3, -0.25) is 9.59 Å². The minimum Gasteiger partial charge on any atom is -0.399 e. The van der Waals surface area contributed by atoms with Crippen molar-refractivity contribution < 1.29 is 9.59 Å². The Morgan fingerprint density at radius 1 is 0.960 bits per heavy atom. The number of amides is 2. The molecule has 2 amide bonds. The molecule has 1 aliphatic rings. The molecule has 0 aromatic heterocycles. The average molecular weight is 358 g/mol. The summed E-state index contributed by atoms with van der Waals surface area (Å²) in [5, 5.41) is 0.657. The number of halogens is 1. The molecule has 1 saturated heterocycles. The Morgan fingerprint density at radius 2 is 1.60 bits per heavy atom. The molecule has 6 heteroatoms. The first-order valence-electron chi connectivity index (χ1n) is 8.20. The zero-order valence-corrected chi connectivity index (χ0v) is 14.6. The van der Waals surface area contributed by atoms with Crippen molar-refractivity contribution in [1.29, 1.82) is 0 Å².